The average Bonchev–Trinajstić information content (AvgIpc) is 2.30. The zero-order chi connectivity index (χ0) is 9.64. The summed E-state index contributed by atoms with van der Waals surface area (Å²) in [5.41, 5.74) is 0.870. The summed E-state index contributed by atoms with van der Waals surface area (Å²) in [5, 5.41) is 0. The van der Waals surface area contributed by atoms with Crippen LogP contribution in [-0.2, 0) is 12.8 Å². The number of carbonyl (C=O) groups is 2. The van der Waals surface area contributed by atoms with Gasteiger partial charge in [-0.3, -0.25) is 0 Å². The summed E-state index contributed by atoms with van der Waals surface area (Å²) < 4.78 is -0.612. The van der Waals surface area contributed by atoms with E-state index in [9.17, 15) is 9.59 Å². The van der Waals surface area contributed by atoms with Gasteiger partial charge in [0.15, 0.2) is 0 Å². The van der Waals surface area contributed by atoms with Gasteiger partial charge in [0, 0.05) is 0 Å². The van der Waals surface area contributed by atoms with Gasteiger partial charge in [-0.25, -0.2) is 9.59 Å². The van der Waals surface area contributed by atoms with Crippen molar-refractivity contribution >= 4 is 24.6 Å². The Bertz CT molecular complexity index is 375. The molecule has 0 unspecified atom stereocenters. The lowest BCUT2D eigenvalue weighted by Crippen LogP contribution is -2.43. The van der Waals surface area contributed by atoms with Crippen LogP contribution in [0.5, 0.6) is 0 Å². The van der Waals surface area contributed by atoms with E-state index in [1.165, 1.54) is 7.05 Å². The Kier molecular flexibility index (Phi) is 1.58. The Balaban J connectivity index is 2.71. The number of imide groups is 1. The van der Waals surface area contributed by atoms with Gasteiger partial charge in [-0.1, -0.05) is 12.1 Å². The highest BCUT2D eigenvalue weighted by Crippen LogP contribution is 2.26. The topological polar surface area (TPSA) is 34.1 Å². The number of hydrogen-bond donors (Lipinski definition) is 0. The minimum absolute atomic E-state index is 0.310. The van der Waals surface area contributed by atoms with Crippen LogP contribution in [0.1, 0.15) is 20.7 Å². The van der Waals surface area contributed by atoms with Gasteiger partial charge in [-0.15, -0.1) is 0 Å². The summed E-state index contributed by atoms with van der Waals surface area (Å²) in [5.74, 6) is -0.619. The average molecular weight is 193 g/mol. The van der Waals surface area contributed by atoms with Gasteiger partial charge >= 0.3 is 11.8 Å². The number of fused-ring (bicyclic) bond motifs is 1. The Hall–Kier alpha value is -1.13. The number of quaternary nitrogens is 1. The minimum atomic E-state index is -0.612. The van der Waals surface area contributed by atoms with Gasteiger partial charge < -0.3 is 16.7 Å². The van der Waals surface area contributed by atoms with Crippen molar-refractivity contribution < 1.29 is 13.5 Å². The maximum Gasteiger partial charge on any atom is 0.336 e. The summed E-state index contributed by atoms with van der Waals surface area (Å²) in [6, 6.07) is 6.71. The largest absolute Gasteiger partial charge is 0.475 e. The molecule has 0 aromatic heterocycles. The van der Waals surface area contributed by atoms with Crippen LogP contribution < -0.4 is 0 Å². The summed E-state index contributed by atoms with van der Waals surface area (Å²) in [6.45, 7) is 0. The fourth-order valence-corrected chi connectivity index (χ4v) is 1.60. The van der Waals surface area contributed by atoms with E-state index in [0.717, 1.165) is 0 Å². The predicted octanol–water partition coefficient (Wildman–Crippen LogP) is 0.889. The summed E-state index contributed by atoms with van der Waals surface area (Å²) in [6.07, 6.45) is 0. The molecule has 0 radical (unpaired) electrons. The van der Waals surface area contributed by atoms with Crippen molar-refractivity contribution in [3.8, 4) is 0 Å². The summed E-state index contributed by atoms with van der Waals surface area (Å²) >= 11 is 4.90. The maximum atomic E-state index is 11.6. The predicted molar refractivity (Wildman–Crippen MR) is 48.7 cm³/mol. The van der Waals surface area contributed by atoms with Crippen LogP contribution in [0.4, 0.5) is 0 Å². The van der Waals surface area contributed by atoms with Gasteiger partial charge in [0.1, 0.15) is 0 Å². The zero-order valence-corrected chi connectivity index (χ0v) is 7.80. The third-order valence-electron chi connectivity index (χ3n) is 2.16. The van der Waals surface area contributed by atoms with E-state index < -0.39 is 3.89 Å². The molecule has 1 aliphatic heterocycles. The molecule has 1 aromatic carbocycles. The molecule has 0 aliphatic carbocycles. The summed E-state index contributed by atoms with van der Waals surface area (Å²) in [4.78, 5) is 23.2. The first-order valence-corrected chi connectivity index (χ1v) is 4.18. The number of hydrogen-bond acceptors (Lipinski definition) is 3. The minimum Gasteiger partial charge on any atom is -0.475 e. The van der Waals surface area contributed by atoms with Crippen molar-refractivity contribution in [3.05, 3.63) is 35.4 Å². The first kappa shape index (κ1) is 8.47. The highest BCUT2D eigenvalue weighted by Gasteiger charge is 2.42. The summed E-state index contributed by atoms with van der Waals surface area (Å²) in [7, 11) is 1.43. The van der Waals surface area contributed by atoms with Gasteiger partial charge in [-0.05, 0) is 12.1 Å². The SMILES string of the molecule is C[N+]1([S-])C(=O)c2ccccc2C1=O. The van der Waals surface area contributed by atoms with Gasteiger partial charge in [0.2, 0.25) is 0 Å². The molecule has 4 heteroatoms. The Morgan fingerprint density at radius 3 is 1.85 bits per heavy atom. The van der Waals surface area contributed by atoms with E-state index in [4.69, 9.17) is 12.8 Å². The second kappa shape index (κ2) is 2.43. The van der Waals surface area contributed by atoms with E-state index in [2.05, 4.69) is 0 Å². The van der Waals surface area contributed by atoms with Crippen LogP contribution >= 0.6 is 0 Å². The lowest BCUT2D eigenvalue weighted by atomic mass is 10.1. The molecule has 2 rings (SSSR count). The van der Waals surface area contributed by atoms with Gasteiger partial charge in [0.25, 0.3) is 0 Å². The van der Waals surface area contributed by atoms with Crippen LogP contribution in [0.15, 0.2) is 24.3 Å². The van der Waals surface area contributed by atoms with Crippen molar-refractivity contribution in [3.63, 3.8) is 0 Å². The zero-order valence-electron chi connectivity index (χ0n) is 6.98. The van der Waals surface area contributed by atoms with Crippen LogP contribution in [0.2, 0.25) is 0 Å². The molecular formula is C9H7NO2S. The van der Waals surface area contributed by atoms with E-state index in [1.54, 1.807) is 24.3 Å². The second-order valence-electron chi connectivity index (χ2n) is 3.08. The normalized spacial score (nSPS) is 18.9. The molecule has 0 saturated heterocycles. The maximum absolute atomic E-state index is 11.6. The number of amides is 2. The molecule has 0 saturated carbocycles. The highest BCUT2D eigenvalue weighted by atomic mass is 32.1. The van der Waals surface area contributed by atoms with Crippen LogP contribution in [-0.4, -0.2) is 22.8 Å². The molecule has 3 nitrogen and oxygen atoms in total. The molecule has 0 N–H and O–H groups in total. The molecule has 0 atom stereocenters. The van der Waals surface area contributed by atoms with Crippen LogP contribution in [0.3, 0.4) is 0 Å². The molecule has 0 fully saturated rings. The Morgan fingerprint density at radius 2 is 1.46 bits per heavy atom. The Labute approximate surface area is 81.1 Å². The third kappa shape index (κ3) is 0.959. The molecule has 1 aromatic rings. The third-order valence-corrected chi connectivity index (χ3v) is 2.49. The molecule has 1 heterocycles. The van der Waals surface area contributed by atoms with E-state index in [0.29, 0.717) is 11.1 Å². The molecule has 2 amide bonds. The monoisotopic (exact) mass is 193 g/mol. The smallest absolute Gasteiger partial charge is 0.336 e. The second-order valence-corrected chi connectivity index (χ2v) is 3.81. The lowest BCUT2D eigenvalue weighted by Gasteiger charge is -2.28. The first-order valence-electron chi connectivity index (χ1n) is 3.81. The van der Waals surface area contributed by atoms with Gasteiger partial charge in [0.05, 0.1) is 18.2 Å². The molecule has 66 valence electrons. The van der Waals surface area contributed by atoms with Crippen molar-refractivity contribution in [2.45, 2.75) is 0 Å². The Morgan fingerprint density at radius 1 is 1.08 bits per heavy atom. The standard InChI is InChI=1S/C9H7NO2S/c1-10(13)8(11)6-4-2-3-5-7(6)9(10)12/h2-5H,1H3. The van der Waals surface area contributed by atoms with E-state index >= 15 is 0 Å². The fraction of sp³-hybridized carbons (Fsp3) is 0.111. The molecule has 1 aliphatic rings. The van der Waals surface area contributed by atoms with Crippen molar-refractivity contribution in [2.24, 2.45) is 0 Å². The van der Waals surface area contributed by atoms with Crippen LogP contribution in [0.25, 0.3) is 0 Å². The number of carbonyl (C=O) groups excluding carboxylic acids is 2. The first-order chi connectivity index (χ1) is 6.05. The van der Waals surface area contributed by atoms with Gasteiger partial charge in [-0.2, -0.15) is 0 Å². The number of nitrogens with zero attached hydrogens (tertiary/aromatic N) is 1. The van der Waals surface area contributed by atoms with Crippen molar-refractivity contribution in [2.75, 3.05) is 7.05 Å². The number of benzene rings is 1. The lowest BCUT2D eigenvalue weighted by molar-refractivity contribution is -0.584. The van der Waals surface area contributed by atoms with Crippen molar-refractivity contribution in [1.82, 2.24) is 0 Å². The fourth-order valence-electron chi connectivity index (χ4n) is 1.41. The quantitative estimate of drug-likeness (QED) is 0.348. The van der Waals surface area contributed by atoms with E-state index in [-0.39, 0.29) is 11.8 Å². The van der Waals surface area contributed by atoms with Crippen LogP contribution in [0, 0.1) is 0 Å². The highest BCUT2D eigenvalue weighted by molar-refractivity contribution is 7.53. The van der Waals surface area contributed by atoms with Crippen molar-refractivity contribution in [1.29, 1.82) is 0 Å². The molecule has 0 bridgehead atoms. The molecular weight excluding hydrogens is 186 g/mol. The number of rotatable bonds is 0. The van der Waals surface area contributed by atoms with E-state index in [1.807, 2.05) is 0 Å². The molecule has 0 spiro atoms. The molecule has 13 heavy (non-hydrogen) atoms.